The molecule has 0 spiro atoms. The highest BCUT2D eigenvalue weighted by Crippen LogP contribution is 2.38. The number of allylic oxidation sites excluding steroid dienone is 2. The summed E-state index contributed by atoms with van der Waals surface area (Å²) in [5.74, 6) is 2.52. The van der Waals surface area contributed by atoms with Crippen molar-refractivity contribution in [3.8, 4) is 0 Å². The first-order valence-electron chi connectivity index (χ1n) is 4.83. The first kappa shape index (κ1) is 10.6. The second kappa shape index (κ2) is 6.09. The number of halogens is 1. The molecule has 1 saturated carbocycles. The highest BCUT2D eigenvalue weighted by atomic mass is 35.5. The normalized spacial score (nSPS) is 28.1. The van der Waals surface area contributed by atoms with Gasteiger partial charge in [-0.2, -0.15) is 0 Å². The number of rotatable bonds is 3. The van der Waals surface area contributed by atoms with Crippen LogP contribution in [0.4, 0.5) is 0 Å². The molecule has 0 saturated heterocycles. The quantitative estimate of drug-likeness (QED) is 0.294. The zero-order valence-electron chi connectivity index (χ0n) is 7.92. The van der Waals surface area contributed by atoms with Crippen LogP contribution in [-0.4, -0.2) is 12.5 Å². The van der Waals surface area contributed by atoms with E-state index in [2.05, 4.69) is 23.5 Å². The average molecular weight is 201 g/mol. The van der Waals surface area contributed by atoms with Crippen LogP contribution in [0.5, 0.6) is 0 Å². The van der Waals surface area contributed by atoms with Crippen molar-refractivity contribution in [2.24, 2.45) is 11.8 Å². The fourth-order valence-electron chi connectivity index (χ4n) is 1.84. The summed E-state index contributed by atoms with van der Waals surface area (Å²) in [4.78, 5) is 0. The third-order valence-electron chi connectivity index (χ3n) is 2.48. The van der Waals surface area contributed by atoms with Gasteiger partial charge in [0.25, 0.3) is 0 Å². The summed E-state index contributed by atoms with van der Waals surface area (Å²) in [5, 5.41) is 0. The second-order valence-electron chi connectivity index (χ2n) is 3.44. The molecule has 1 nitrogen and oxygen atoms in total. The molecule has 2 aliphatic rings. The number of ether oxygens (including phenoxy) is 1. The second-order valence-corrected chi connectivity index (χ2v) is 3.82. The summed E-state index contributed by atoms with van der Waals surface area (Å²) in [5.41, 5.74) is 0. The molecule has 1 fully saturated rings. The standard InChI is InChI=1S/C7H10.C4H7ClO/c1-2-7-4-3-6(1)5-7;1-2-6-4-3-5/h1-2,6-7H,3-5H2;2H,1,3-4H2. The van der Waals surface area contributed by atoms with Gasteiger partial charge in [-0.25, -0.2) is 0 Å². The fourth-order valence-corrected chi connectivity index (χ4v) is 1.93. The lowest BCUT2D eigenvalue weighted by Gasteiger charge is -1.96. The van der Waals surface area contributed by atoms with Crippen molar-refractivity contribution in [1.29, 1.82) is 0 Å². The van der Waals surface area contributed by atoms with E-state index in [4.69, 9.17) is 11.6 Å². The molecule has 0 amide bonds. The maximum absolute atomic E-state index is 5.21. The molecule has 0 heterocycles. The van der Waals surface area contributed by atoms with Crippen LogP contribution in [0, 0.1) is 11.8 Å². The van der Waals surface area contributed by atoms with Gasteiger partial charge in [-0.3, -0.25) is 0 Å². The monoisotopic (exact) mass is 200 g/mol. The first-order chi connectivity index (χ1) is 6.36. The minimum absolute atomic E-state index is 0.534. The van der Waals surface area contributed by atoms with E-state index in [1.807, 2.05) is 0 Å². The molecule has 0 aromatic rings. The molecule has 0 radical (unpaired) electrons. The van der Waals surface area contributed by atoms with Crippen molar-refractivity contribution in [1.82, 2.24) is 0 Å². The van der Waals surface area contributed by atoms with Crippen LogP contribution in [0.25, 0.3) is 0 Å². The van der Waals surface area contributed by atoms with Gasteiger partial charge < -0.3 is 4.74 Å². The topological polar surface area (TPSA) is 9.23 Å². The average Bonchev–Trinajstić information content (AvgIpc) is 2.79. The summed E-state index contributed by atoms with van der Waals surface area (Å²) in [7, 11) is 0. The van der Waals surface area contributed by atoms with Crippen molar-refractivity contribution < 1.29 is 4.74 Å². The largest absolute Gasteiger partial charge is 0.501 e. The van der Waals surface area contributed by atoms with Crippen molar-refractivity contribution in [3.63, 3.8) is 0 Å². The molecule has 0 aromatic heterocycles. The van der Waals surface area contributed by atoms with E-state index >= 15 is 0 Å². The highest BCUT2D eigenvalue weighted by molar-refractivity contribution is 6.17. The Balaban J connectivity index is 0.000000133. The predicted molar refractivity (Wildman–Crippen MR) is 56.8 cm³/mol. The van der Waals surface area contributed by atoms with Gasteiger partial charge in [0.15, 0.2) is 0 Å². The zero-order chi connectivity index (χ0) is 9.52. The third-order valence-corrected chi connectivity index (χ3v) is 2.64. The van der Waals surface area contributed by atoms with Gasteiger partial charge in [0.05, 0.1) is 12.1 Å². The van der Waals surface area contributed by atoms with Crippen LogP contribution in [0.1, 0.15) is 19.3 Å². The van der Waals surface area contributed by atoms with Gasteiger partial charge >= 0.3 is 0 Å². The Morgan fingerprint density at radius 1 is 1.38 bits per heavy atom. The molecule has 2 heteroatoms. The van der Waals surface area contributed by atoms with Gasteiger partial charge in [0, 0.05) is 0 Å². The molecule has 0 aliphatic heterocycles. The Morgan fingerprint density at radius 2 is 2.00 bits per heavy atom. The number of hydrogen-bond acceptors (Lipinski definition) is 1. The maximum Gasteiger partial charge on any atom is 0.101 e. The van der Waals surface area contributed by atoms with E-state index in [0.29, 0.717) is 12.5 Å². The van der Waals surface area contributed by atoms with E-state index in [0.717, 1.165) is 11.8 Å². The summed E-state index contributed by atoms with van der Waals surface area (Å²) in [6, 6.07) is 0. The highest BCUT2D eigenvalue weighted by Gasteiger charge is 2.25. The molecule has 2 unspecified atom stereocenters. The first-order valence-corrected chi connectivity index (χ1v) is 5.37. The number of alkyl halides is 1. The zero-order valence-corrected chi connectivity index (χ0v) is 8.67. The minimum atomic E-state index is 0.534. The van der Waals surface area contributed by atoms with Crippen molar-refractivity contribution in [2.75, 3.05) is 12.5 Å². The Labute approximate surface area is 85.4 Å². The lowest BCUT2D eigenvalue weighted by Crippen LogP contribution is -1.84. The molecule has 0 aromatic carbocycles. The lowest BCUT2D eigenvalue weighted by molar-refractivity contribution is 0.273. The van der Waals surface area contributed by atoms with Gasteiger partial charge in [0.2, 0.25) is 0 Å². The van der Waals surface area contributed by atoms with E-state index < -0.39 is 0 Å². The molecule has 2 atom stereocenters. The Morgan fingerprint density at radius 3 is 2.15 bits per heavy atom. The Bertz CT molecular complexity index is 165. The van der Waals surface area contributed by atoms with E-state index in [1.165, 1.54) is 25.5 Å². The molecule has 2 bridgehead atoms. The molecule has 2 rings (SSSR count). The Hall–Kier alpha value is -0.430. The SMILES string of the molecule is C1=CC2CCC1C2.C=COCCCl. The third kappa shape index (κ3) is 3.86. The smallest absolute Gasteiger partial charge is 0.101 e. The lowest BCUT2D eigenvalue weighted by atomic mass is 10.1. The number of hydrogen-bond donors (Lipinski definition) is 0. The van der Waals surface area contributed by atoms with E-state index in [1.54, 1.807) is 0 Å². The summed E-state index contributed by atoms with van der Waals surface area (Å²) >= 11 is 5.21. The van der Waals surface area contributed by atoms with Crippen LogP contribution in [0.15, 0.2) is 25.0 Å². The summed E-state index contributed by atoms with van der Waals surface area (Å²) in [6.45, 7) is 3.88. The van der Waals surface area contributed by atoms with Gasteiger partial charge in [-0.05, 0) is 31.1 Å². The van der Waals surface area contributed by atoms with E-state index in [9.17, 15) is 0 Å². The Kier molecular flexibility index (Phi) is 4.99. The van der Waals surface area contributed by atoms with Crippen LogP contribution in [0.2, 0.25) is 0 Å². The molecule has 74 valence electrons. The van der Waals surface area contributed by atoms with Crippen LogP contribution in [0.3, 0.4) is 0 Å². The molecule has 13 heavy (non-hydrogen) atoms. The molecule has 0 N–H and O–H groups in total. The van der Waals surface area contributed by atoms with Crippen LogP contribution < -0.4 is 0 Å². The molecular formula is C11H17ClO. The van der Waals surface area contributed by atoms with Gasteiger partial charge in [-0.15, -0.1) is 11.6 Å². The van der Waals surface area contributed by atoms with Crippen molar-refractivity contribution >= 4 is 11.6 Å². The molecule has 2 aliphatic carbocycles. The molecular weight excluding hydrogens is 184 g/mol. The van der Waals surface area contributed by atoms with Crippen molar-refractivity contribution in [3.05, 3.63) is 25.0 Å². The maximum atomic E-state index is 5.21. The summed E-state index contributed by atoms with van der Waals surface area (Å²) < 4.78 is 4.61. The van der Waals surface area contributed by atoms with Crippen molar-refractivity contribution in [2.45, 2.75) is 19.3 Å². The van der Waals surface area contributed by atoms with Crippen LogP contribution in [-0.2, 0) is 4.74 Å². The van der Waals surface area contributed by atoms with Gasteiger partial charge in [-0.1, -0.05) is 18.7 Å². The van der Waals surface area contributed by atoms with Crippen LogP contribution >= 0.6 is 11.6 Å². The minimum Gasteiger partial charge on any atom is -0.501 e. The van der Waals surface area contributed by atoms with E-state index in [-0.39, 0.29) is 0 Å². The van der Waals surface area contributed by atoms with Gasteiger partial charge in [0.1, 0.15) is 6.61 Å². The number of fused-ring (bicyclic) bond motifs is 2. The predicted octanol–water partition coefficient (Wildman–Crippen LogP) is 3.36. The fraction of sp³-hybridized carbons (Fsp3) is 0.636. The summed E-state index contributed by atoms with van der Waals surface area (Å²) in [6.07, 6.45) is 10.6.